The van der Waals surface area contributed by atoms with E-state index in [1.165, 1.54) is 80.5 Å². The summed E-state index contributed by atoms with van der Waals surface area (Å²) < 4.78 is 37.5. The van der Waals surface area contributed by atoms with Crippen LogP contribution in [0.15, 0.2) is 85.0 Å². The predicted molar refractivity (Wildman–Crippen MR) is 259 cm³/mol. The third kappa shape index (κ3) is 17.1. The van der Waals surface area contributed by atoms with Crippen molar-refractivity contribution in [3.8, 4) is 28.0 Å². The molecule has 1 aliphatic rings. The lowest BCUT2D eigenvalue weighted by Gasteiger charge is -2.32. The Kier molecular flexibility index (Phi) is 22.0. The molecule has 0 N–H and O–H groups in total. The van der Waals surface area contributed by atoms with Crippen LogP contribution in [-0.2, 0) is 70.0 Å². The molecule has 13 heteroatoms. The first-order valence-electron chi connectivity index (χ1n) is 23.7. The number of hydrogen-bond donors (Lipinski definition) is 0. The molecule has 0 radical (unpaired) electrons. The van der Waals surface area contributed by atoms with Crippen LogP contribution in [0.1, 0.15) is 121 Å². The van der Waals surface area contributed by atoms with Gasteiger partial charge in [-0.3, -0.25) is 19.2 Å². The third-order valence-corrected chi connectivity index (χ3v) is 12.3. The van der Waals surface area contributed by atoms with E-state index in [9.17, 15) is 28.8 Å². The van der Waals surface area contributed by atoms with E-state index in [4.69, 9.17) is 23.7 Å². The molecule has 1 fully saturated rings. The van der Waals surface area contributed by atoms with Crippen molar-refractivity contribution < 1.29 is 61.9 Å². The minimum atomic E-state index is -1.56. The normalized spacial score (nSPS) is 14.5. The molecular weight excluding hydrogens is 869 g/mol. The standard InChI is InChI=1S/C55H70O13/c1-9-11-12-14-39-16-18-41(19-17-39)42-20-22-43(23-21-42)47-26-24-44(29-40(47)10-2)45-25-27-48(46(30-45)15-13-28-64-53(60)37(3)4)65-33-55(36-68-54(61)38(5)6,34-66-51(58)31-49(56)62-7)35-67-52(59)32-50(57)63-8/h20-27,29-30,39,41H,3,5,9-19,28,31-36H2,1-2,4,6-8H3. The Morgan fingerprint density at radius 3 is 1.71 bits per heavy atom. The lowest BCUT2D eigenvalue weighted by atomic mass is 9.77. The Labute approximate surface area is 401 Å². The van der Waals surface area contributed by atoms with Crippen LogP contribution in [-0.4, -0.2) is 83.1 Å². The van der Waals surface area contributed by atoms with Gasteiger partial charge in [-0.05, 0) is 122 Å². The number of benzene rings is 3. The van der Waals surface area contributed by atoms with Gasteiger partial charge in [0, 0.05) is 11.1 Å². The van der Waals surface area contributed by atoms with Crippen molar-refractivity contribution >= 4 is 35.8 Å². The molecule has 0 spiro atoms. The first kappa shape index (κ1) is 54.4. The molecule has 0 aromatic heterocycles. The van der Waals surface area contributed by atoms with Gasteiger partial charge in [-0.15, -0.1) is 0 Å². The summed E-state index contributed by atoms with van der Waals surface area (Å²) in [6.45, 7) is 12.9. The van der Waals surface area contributed by atoms with Crippen molar-refractivity contribution in [3.05, 3.63) is 102 Å². The topological polar surface area (TPSA) is 167 Å². The number of unbranched alkanes of at least 4 members (excludes halogenated alkanes) is 2. The van der Waals surface area contributed by atoms with Gasteiger partial charge in [0.1, 0.15) is 50.4 Å². The van der Waals surface area contributed by atoms with Crippen LogP contribution >= 0.6 is 0 Å². The first-order valence-corrected chi connectivity index (χ1v) is 23.7. The number of ether oxygens (including phenoxy) is 7. The van der Waals surface area contributed by atoms with Gasteiger partial charge >= 0.3 is 35.8 Å². The minimum Gasteiger partial charge on any atom is -0.492 e. The second-order valence-corrected chi connectivity index (χ2v) is 17.9. The summed E-state index contributed by atoms with van der Waals surface area (Å²) in [5.74, 6) is -3.00. The quantitative estimate of drug-likeness (QED) is 0.0233. The highest BCUT2D eigenvalue weighted by atomic mass is 16.6. The molecule has 13 nitrogen and oxygen atoms in total. The Morgan fingerprint density at radius 2 is 1.15 bits per heavy atom. The van der Waals surface area contributed by atoms with Crippen molar-refractivity contribution in [2.24, 2.45) is 11.3 Å². The van der Waals surface area contributed by atoms with E-state index in [-0.39, 0.29) is 24.4 Å². The molecule has 0 aliphatic heterocycles. The first-order chi connectivity index (χ1) is 32.6. The molecule has 68 heavy (non-hydrogen) atoms. The maximum Gasteiger partial charge on any atom is 0.333 e. The lowest BCUT2D eigenvalue weighted by molar-refractivity contribution is -0.165. The zero-order chi connectivity index (χ0) is 49.6. The average Bonchev–Trinajstić information content (AvgIpc) is 3.34. The molecule has 0 unspecified atom stereocenters. The number of aryl methyl sites for hydroxylation is 2. The van der Waals surface area contributed by atoms with Crippen LogP contribution in [0.2, 0.25) is 0 Å². The third-order valence-electron chi connectivity index (χ3n) is 12.3. The number of carbonyl (C=O) groups excluding carboxylic acids is 6. The number of rotatable bonds is 27. The van der Waals surface area contributed by atoms with E-state index < -0.39 is 73.9 Å². The van der Waals surface area contributed by atoms with Gasteiger partial charge in [0.25, 0.3) is 0 Å². The van der Waals surface area contributed by atoms with Crippen LogP contribution in [0.4, 0.5) is 0 Å². The fourth-order valence-corrected chi connectivity index (χ4v) is 8.17. The van der Waals surface area contributed by atoms with Crippen LogP contribution in [0, 0.1) is 11.3 Å². The Hall–Kier alpha value is -6.24. The van der Waals surface area contributed by atoms with Crippen molar-refractivity contribution in [3.63, 3.8) is 0 Å². The maximum atomic E-state index is 12.7. The SMILES string of the molecule is C=C(C)C(=O)OCCCc1cc(-c2ccc(-c3ccc(C4CCC(CCCCC)CC4)cc3)c(CC)c2)ccc1OCC(COC(=O)CC(=O)OC)(COC(=O)CC(=O)OC)COC(=O)C(=C)C. The van der Waals surface area contributed by atoms with Crippen LogP contribution in [0.25, 0.3) is 22.3 Å². The average molecular weight is 939 g/mol. The molecule has 3 aromatic rings. The van der Waals surface area contributed by atoms with Gasteiger partial charge < -0.3 is 33.2 Å². The highest BCUT2D eigenvalue weighted by Crippen LogP contribution is 2.39. The monoisotopic (exact) mass is 938 g/mol. The fourth-order valence-electron chi connectivity index (χ4n) is 8.17. The van der Waals surface area contributed by atoms with Crippen molar-refractivity contribution in [1.29, 1.82) is 0 Å². The smallest absolute Gasteiger partial charge is 0.333 e. The molecule has 3 aromatic carbocycles. The van der Waals surface area contributed by atoms with Gasteiger partial charge in [-0.2, -0.15) is 0 Å². The Balaban J connectivity index is 1.64. The molecule has 0 amide bonds. The summed E-state index contributed by atoms with van der Waals surface area (Å²) in [7, 11) is 2.24. The number of methoxy groups -OCH3 is 2. The summed E-state index contributed by atoms with van der Waals surface area (Å²) in [4.78, 5) is 74.1. The van der Waals surface area contributed by atoms with Crippen molar-refractivity contribution in [2.45, 2.75) is 117 Å². The summed E-state index contributed by atoms with van der Waals surface area (Å²) >= 11 is 0. The fraction of sp³-hybridized carbons (Fsp3) is 0.491. The van der Waals surface area contributed by atoms with Gasteiger partial charge in [0.15, 0.2) is 0 Å². The molecule has 0 heterocycles. The second kappa shape index (κ2) is 27.5. The highest BCUT2D eigenvalue weighted by Gasteiger charge is 2.38. The maximum absolute atomic E-state index is 12.7. The van der Waals surface area contributed by atoms with E-state index in [1.54, 1.807) is 13.0 Å². The number of hydrogen-bond acceptors (Lipinski definition) is 13. The Morgan fingerprint density at radius 1 is 0.603 bits per heavy atom. The van der Waals surface area contributed by atoms with Gasteiger partial charge in [0.05, 0.1) is 20.8 Å². The van der Waals surface area contributed by atoms with E-state index in [0.717, 1.165) is 43.2 Å². The lowest BCUT2D eigenvalue weighted by Crippen LogP contribution is -2.44. The molecule has 0 atom stereocenters. The Bertz CT molecular complexity index is 2180. The minimum absolute atomic E-state index is 0.0771. The van der Waals surface area contributed by atoms with E-state index in [1.807, 2.05) is 12.1 Å². The van der Waals surface area contributed by atoms with Crippen molar-refractivity contribution in [1.82, 2.24) is 0 Å². The van der Waals surface area contributed by atoms with Crippen molar-refractivity contribution in [2.75, 3.05) is 47.3 Å². The molecule has 0 bridgehead atoms. The zero-order valence-corrected chi connectivity index (χ0v) is 40.9. The van der Waals surface area contributed by atoms with E-state index in [0.29, 0.717) is 24.5 Å². The summed E-state index contributed by atoms with van der Waals surface area (Å²) in [6.07, 6.45) is 10.7. The van der Waals surface area contributed by atoms with Crippen LogP contribution < -0.4 is 4.74 Å². The largest absolute Gasteiger partial charge is 0.492 e. The molecule has 0 saturated heterocycles. The molecular formula is C55H70O13. The van der Waals surface area contributed by atoms with Crippen LogP contribution in [0.3, 0.4) is 0 Å². The van der Waals surface area contributed by atoms with Gasteiger partial charge in [-0.25, -0.2) is 9.59 Å². The van der Waals surface area contributed by atoms with Crippen LogP contribution in [0.5, 0.6) is 5.75 Å². The second-order valence-electron chi connectivity index (χ2n) is 17.9. The number of esters is 6. The van der Waals surface area contributed by atoms with E-state index >= 15 is 0 Å². The highest BCUT2D eigenvalue weighted by molar-refractivity contribution is 5.92. The predicted octanol–water partition coefficient (Wildman–Crippen LogP) is 10.2. The van der Waals surface area contributed by atoms with Gasteiger partial charge in [-0.1, -0.05) is 101 Å². The van der Waals surface area contributed by atoms with Gasteiger partial charge in [0.2, 0.25) is 0 Å². The molecule has 1 saturated carbocycles. The summed E-state index contributed by atoms with van der Waals surface area (Å²) in [6, 6.07) is 21.3. The summed E-state index contributed by atoms with van der Waals surface area (Å²) in [5, 5.41) is 0. The summed E-state index contributed by atoms with van der Waals surface area (Å²) in [5.41, 5.74) is 6.37. The number of carbonyl (C=O) groups is 6. The molecule has 1 aliphatic carbocycles. The zero-order valence-electron chi connectivity index (χ0n) is 40.9. The molecule has 368 valence electrons. The van der Waals surface area contributed by atoms with E-state index in [2.05, 4.69) is 78.9 Å². The molecule has 4 rings (SSSR count).